The predicted molar refractivity (Wildman–Crippen MR) is 127 cm³/mol. The van der Waals surface area contributed by atoms with Crippen molar-refractivity contribution in [2.45, 2.75) is 65.2 Å². The number of benzene rings is 2. The Bertz CT molecular complexity index is 866. The van der Waals surface area contributed by atoms with Crippen LogP contribution in [0.1, 0.15) is 75.6 Å². The number of unbranched alkanes of at least 4 members (excludes halogenated alkanes) is 3. The van der Waals surface area contributed by atoms with Gasteiger partial charge in [-0.05, 0) is 59.7 Å². The first-order valence-electron chi connectivity index (χ1n) is 11.5. The third-order valence-corrected chi connectivity index (χ3v) is 5.71. The number of pyridine rings is 1. The van der Waals surface area contributed by atoms with Gasteiger partial charge in [0.2, 0.25) is 0 Å². The molecule has 2 heteroatoms. The standard InChI is InChI=1S/C28H35NO/c1-4-6-7-8-9-27-17-14-26(21-29-27)22(3)23-10-12-24(13-11-23)25-15-18-28(19-16-25)30-20-5-2/h10-19,21-22H,4-9,20H2,1-3H3. The molecule has 0 fully saturated rings. The summed E-state index contributed by atoms with van der Waals surface area (Å²) in [4.78, 5) is 4.71. The Morgan fingerprint density at radius 2 is 1.40 bits per heavy atom. The van der Waals surface area contributed by atoms with Crippen LogP contribution in [0.15, 0.2) is 66.9 Å². The molecule has 0 bridgehead atoms. The number of ether oxygens (including phenoxy) is 1. The third kappa shape index (κ3) is 6.19. The van der Waals surface area contributed by atoms with Gasteiger partial charge in [-0.15, -0.1) is 0 Å². The Kier molecular flexibility index (Phi) is 8.50. The molecule has 1 aromatic heterocycles. The van der Waals surface area contributed by atoms with Gasteiger partial charge in [-0.1, -0.05) is 82.5 Å². The lowest BCUT2D eigenvalue weighted by Crippen LogP contribution is -1.99. The van der Waals surface area contributed by atoms with Gasteiger partial charge >= 0.3 is 0 Å². The van der Waals surface area contributed by atoms with Gasteiger partial charge in [0, 0.05) is 17.8 Å². The highest BCUT2D eigenvalue weighted by Gasteiger charge is 2.10. The number of hydrogen-bond donors (Lipinski definition) is 0. The van der Waals surface area contributed by atoms with E-state index in [4.69, 9.17) is 9.72 Å². The normalized spacial score (nSPS) is 12.0. The number of nitrogens with zero attached hydrogens (tertiary/aromatic N) is 1. The monoisotopic (exact) mass is 401 g/mol. The van der Waals surface area contributed by atoms with Crippen LogP contribution in [0.3, 0.4) is 0 Å². The van der Waals surface area contributed by atoms with E-state index in [0.717, 1.165) is 25.2 Å². The average Bonchev–Trinajstić information content (AvgIpc) is 2.81. The summed E-state index contributed by atoms with van der Waals surface area (Å²) in [5, 5.41) is 0. The van der Waals surface area contributed by atoms with Gasteiger partial charge in [-0.3, -0.25) is 4.98 Å². The van der Waals surface area contributed by atoms with Gasteiger partial charge in [-0.25, -0.2) is 0 Å². The Balaban J connectivity index is 1.61. The molecule has 0 amide bonds. The van der Waals surface area contributed by atoms with Crippen LogP contribution in [0, 0.1) is 0 Å². The molecule has 0 spiro atoms. The maximum atomic E-state index is 5.68. The highest BCUT2D eigenvalue weighted by atomic mass is 16.5. The first kappa shape index (κ1) is 22.1. The third-order valence-electron chi connectivity index (χ3n) is 5.71. The summed E-state index contributed by atoms with van der Waals surface area (Å²) < 4.78 is 5.68. The number of aromatic nitrogens is 1. The summed E-state index contributed by atoms with van der Waals surface area (Å²) in [6, 6.07) is 21.7. The van der Waals surface area contributed by atoms with Crippen molar-refractivity contribution in [3.8, 4) is 16.9 Å². The maximum Gasteiger partial charge on any atom is 0.119 e. The van der Waals surface area contributed by atoms with E-state index in [-0.39, 0.29) is 0 Å². The lowest BCUT2D eigenvalue weighted by molar-refractivity contribution is 0.317. The van der Waals surface area contributed by atoms with E-state index < -0.39 is 0 Å². The predicted octanol–water partition coefficient (Wildman–Crippen LogP) is 7.81. The fraction of sp³-hybridized carbons (Fsp3) is 0.393. The zero-order chi connectivity index (χ0) is 21.2. The van der Waals surface area contributed by atoms with Crippen LogP contribution in [-0.2, 0) is 6.42 Å². The van der Waals surface area contributed by atoms with Gasteiger partial charge in [0.15, 0.2) is 0 Å². The summed E-state index contributed by atoms with van der Waals surface area (Å²) in [6.07, 6.45) is 9.32. The molecule has 0 saturated heterocycles. The molecule has 0 aliphatic rings. The summed E-state index contributed by atoms with van der Waals surface area (Å²) in [6.45, 7) is 7.39. The van der Waals surface area contributed by atoms with Crippen LogP contribution in [0.4, 0.5) is 0 Å². The minimum atomic E-state index is 0.338. The van der Waals surface area contributed by atoms with E-state index in [1.54, 1.807) is 0 Å². The molecule has 0 aliphatic carbocycles. The van der Waals surface area contributed by atoms with E-state index >= 15 is 0 Å². The molecule has 0 aliphatic heterocycles. The van der Waals surface area contributed by atoms with Crippen molar-refractivity contribution in [2.75, 3.05) is 6.61 Å². The van der Waals surface area contributed by atoms with Crippen molar-refractivity contribution in [3.05, 3.63) is 83.7 Å². The first-order valence-corrected chi connectivity index (χ1v) is 11.5. The Morgan fingerprint density at radius 3 is 2.00 bits per heavy atom. The van der Waals surface area contributed by atoms with Gasteiger partial charge in [-0.2, -0.15) is 0 Å². The lowest BCUT2D eigenvalue weighted by atomic mass is 9.92. The number of rotatable bonds is 11. The fourth-order valence-corrected chi connectivity index (χ4v) is 3.69. The molecule has 3 rings (SSSR count). The Hall–Kier alpha value is -2.61. The van der Waals surface area contributed by atoms with Crippen molar-refractivity contribution in [1.29, 1.82) is 0 Å². The summed E-state index contributed by atoms with van der Waals surface area (Å²) >= 11 is 0. The topological polar surface area (TPSA) is 22.1 Å². The minimum absolute atomic E-state index is 0.338. The Morgan fingerprint density at radius 1 is 0.733 bits per heavy atom. The van der Waals surface area contributed by atoms with E-state index in [0.29, 0.717) is 5.92 Å². The van der Waals surface area contributed by atoms with Crippen molar-refractivity contribution in [1.82, 2.24) is 4.98 Å². The van der Waals surface area contributed by atoms with E-state index in [2.05, 4.69) is 87.6 Å². The molecule has 1 unspecified atom stereocenters. The second kappa shape index (κ2) is 11.5. The van der Waals surface area contributed by atoms with Crippen LogP contribution < -0.4 is 4.74 Å². The molecule has 1 heterocycles. The molecule has 2 nitrogen and oxygen atoms in total. The minimum Gasteiger partial charge on any atom is -0.494 e. The van der Waals surface area contributed by atoms with Gasteiger partial charge in [0.1, 0.15) is 5.75 Å². The fourth-order valence-electron chi connectivity index (χ4n) is 3.69. The summed E-state index contributed by atoms with van der Waals surface area (Å²) in [7, 11) is 0. The first-order chi connectivity index (χ1) is 14.7. The maximum absolute atomic E-state index is 5.68. The summed E-state index contributed by atoms with van der Waals surface area (Å²) in [5.74, 6) is 1.28. The molecule has 0 N–H and O–H groups in total. The lowest BCUT2D eigenvalue weighted by Gasteiger charge is -2.14. The average molecular weight is 402 g/mol. The second-order valence-corrected chi connectivity index (χ2v) is 8.11. The van der Waals surface area contributed by atoms with Crippen LogP contribution in [0.2, 0.25) is 0 Å². The van der Waals surface area contributed by atoms with E-state index in [1.807, 2.05) is 0 Å². The van der Waals surface area contributed by atoms with Gasteiger partial charge < -0.3 is 4.74 Å². The van der Waals surface area contributed by atoms with Crippen LogP contribution in [0.5, 0.6) is 5.75 Å². The zero-order valence-corrected chi connectivity index (χ0v) is 18.7. The largest absolute Gasteiger partial charge is 0.494 e. The van der Waals surface area contributed by atoms with Gasteiger partial charge in [0.25, 0.3) is 0 Å². The molecular formula is C28H35NO. The van der Waals surface area contributed by atoms with Crippen LogP contribution >= 0.6 is 0 Å². The molecule has 0 radical (unpaired) electrons. The molecule has 30 heavy (non-hydrogen) atoms. The molecule has 158 valence electrons. The quantitative estimate of drug-likeness (QED) is 0.306. The number of hydrogen-bond acceptors (Lipinski definition) is 2. The van der Waals surface area contributed by atoms with E-state index in [1.165, 1.54) is 53.6 Å². The number of aryl methyl sites for hydroxylation is 1. The smallest absolute Gasteiger partial charge is 0.119 e. The summed E-state index contributed by atoms with van der Waals surface area (Å²) in [5.41, 5.74) is 6.25. The van der Waals surface area contributed by atoms with Crippen LogP contribution in [-0.4, -0.2) is 11.6 Å². The van der Waals surface area contributed by atoms with Crippen molar-refractivity contribution in [3.63, 3.8) is 0 Å². The molecule has 3 aromatic rings. The SMILES string of the molecule is CCCCCCc1ccc(C(C)c2ccc(-c3ccc(OCCC)cc3)cc2)cn1. The molecule has 0 saturated carbocycles. The Labute approximate surface area is 182 Å². The highest BCUT2D eigenvalue weighted by Crippen LogP contribution is 2.28. The van der Waals surface area contributed by atoms with Crippen LogP contribution in [0.25, 0.3) is 11.1 Å². The van der Waals surface area contributed by atoms with Crippen molar-refractivity contribution in [2.24, 2.45) is 0 Å². The van der Waals surface area contributed by atoms with Gasteiger partial charge in [0.05, 0.1) is 6.61 Å². The van der Waals surface area contributed by atoms with Crippen molar-refractivity contribution < 1.29 is 4.74 Å². The molecular weight excluding hydrogens is 366 g/mol. The molecule has 1 atom stereocenters. The highest BCUT2D eigenvalue weighted by molar-refractivity contribution is 5.64. The second-order valence-electron chi connectivity index (χ2n) is 8.11. The van der Waals surface area contributed by atoms with Crippen molar-refractivity contribution >= 4 is 0 Å². The molecule has 2 aromatic carbocycles. The zero-order valence-electron chi connectivity index (χ0n) is 18.7. The van der Waals surface area contributed by atoms with E-state index in [9.17, 15) is 0 Å².